The molecule has 1 saturated heterocycles. The van der Waals surface area contributed by atoms with Gasteiger partial charge in [-0.25, -0.2) is 5.43 Å². The van der Waals surface area contributed by atoms with Crippen molar-refractivity contribution in [2.75, 3.05) is 13.6 Å². The van der Waals surface area contributed by atoms with E-state index in [4.69, 9.17) is 0 Å². The minimum Gasteiger partial charge on any atom is -0.352 e. The van der Waals surface area contributed by atoms with Crippen molar-refractivity contribution in [2.24, 2.45) is 16.9 Å². The minimum atomic E-state index is -0.806. The van der Waals surface area contributed by atoms with Crippen LogP contribution in [0.2, 0.25) is 0 Å². The Morgan fingerprint density at radius 2 is 1.83 bits per heavy atom. The molecule has 2 amide bonds. The average Bonchev–Trinajstić information content (AvgIpc) is 2.90. The van der Waals surface area contributed by atoms with Crippen molar-refractivity contribution in [3.05, 3.63) is 0 Å². The Hall–Kier alpha value is -1.28. The van der Waals surface area contributed by atoms with E-state index in [-0.39, 0.29) is 34.9 Å². The van der Waals surface area contributed by atoms with Crippen LogP contribution in [0.1, 0.15) is 66.2 Å². The first-order valence-corrected chi connectivity index (χ1v) is 11.0. The summed E-state index contributed by atoms with van der Waals surface area (Å²) in [6.45, 7) is 8.95. The highest BCUT2D eigenvalue weighted by Gasteiger charge is 2.34. The first-order chi connectivity index (χ1) is 13.1. The Bertz CT molecular complexity index is 633. The predicted octanol–water partition coefficient (Wildman–Crippen LogP) is 2.93. The fourth-order valence-electron chi connectivity index (χ4n) is 3.77. The third-order valence-corrected chi connectivity index (χ3v) is 6.37. The number of amidine groups is 1. The van der Waals surface area contributed by atoms with Gasteiger partial charge in [0.15, 0.2) is 5.17 Å². The maximum absolute atomic E-state index is 12.7. The minimum absolute atomic E-state index is 0. The number of nitrogens with zero attached hydrogens (tertiary/aromatic N) is 2. The Morgan fingerprint density at radius 3 is 2.34 bits per heavy atom. The number of carbonyl (C=O) groups excluding carboxylic acids is 3. The van der Waals surface area contributed by atoms with E-state index in [2.05, 4.69) is 29.7 Å². The number of halogens is 1. The molecule has 1 aliphatic carbocycles. The molecule has 0 aromatic carbocycles. The molecular weight excluding hydrogens is 412 g/mol. The van der Waals surface area contributed by atoms with Crippen LogP contribution >= 0.6 is 24.2 Å². The van der Waals surface area contributed by atoms with E-state index in [9.17, 15) is 14.4 Å². The quantitative estimate of drug-likeness (QED) is 0.463. The SMILES string of the molecule is CC(C)C[C@H](NC(=O)C1CCCCC1)C(=O)C(=O)N/N=C1\SC(C)(C)CN1C.Cl. The summed E-state index contributed by atoms with van der Waals surface area (Å²) in [6.07, 6.45) is 5.38. The van der Waals surface area contributed by atoms with E-state index in [0.717, 1.165) is 38.6 Å². The van der Waals surface area contributed by atoms with Gasteiger partial charge in [-0.2, -0.15) is 0 Å². The van der Waals surface area contributed by atoms with Crippen LogP contribution < -0.4 is 10.7 Å². The third-order valence-electron chi connectivity index (χ3n) is 5.11. The molecule has 9 heteroatoms. The number of carbonyl (C=O) groups is 3. The molecule has 1 aliphatic heterocycles. The molecule has 0 bridgehead atoms. The summed E-state index contributed by atoms with van der Waals surface area (Å²) in [6, 6.07) is -0.806. The van der Waals surface area contributed by atoms with Gasteiger partial charge in [0, 0.05) is 24.3 Å². The molecule has 0 aromatic heterocycles. The van der Waals surface area contributed by atoms with Gasteiger partial charge in [0.05, 0.1) is 6.04 Å². The molecule has 2 N–H and O–H groups in total. The molecule has 0 radical (unpaired) electrons. The summed E-state index contributed by atoms with van der Waals surface area (Å²) in [7, 11) is 1.90. The van der Waals surface area contributed by atoms with Gasteiger partial charge in [-0.05, 0) is 39.0 Å². The highest BCUT2D eigenvalue weighted by atomic mass is 35.5. The molecule has 0 unspecified atom stereocenters. The van der Waals surface area contributed by atoms with Gasteiger partial charge in [-0.3, -0.25) is 14.4 Å². The number of hydrogen-bond donors (Lipinski definition) is 2. The second-order valence-electron chi connectivity index (χ2n) is 8.94. The summed E-state index contributed by atoms with van der Waals surface area (Å²) in [4.78, 5) is 39.6. The molecule has 2 aliphatic rings. The maximum Gasteiger partial charge on any atom is 0.309 e. The van der Waals surface area contributed by atoms with Crippen molar-refractivity contribution in [1.29, 1.82) is 0 Å². The normalized spacial score (nSPS) is 21.6. The van der Waals surface area contributed by atoms with E-state index in [1.54, 1.807) is 11.8 Å². The number of nitrogens with one attached hydrogen (secondary N) is 2. The number of amides is 2. The molecule has 29 heavy (non-hydrogen) atoms. The standard InChI is InChI=1S/C20H34N4O3S.ClH/c1-13(2)11-15(21-17(26)14-9-7-6-8-10-14)16(25)18(27)22-23-19-24(5)12-20(3,4)28-19;/h13-15H,6-12H2,1-5H3,(H,21,26)(H,22,27);1H/b23-19-;/t15-;/m0./s1. The predicted molar refractivity (Wildman–Crippen MR) is 120 cm³/mol. The lowest BCUT2D eigenvalue weighted by atomic mass is 9.88. The largest absolute Gasteiger partial charge is 0.352 e. The van der Waals surface area contributed by atoms with E-state index in [1.807, 2.05) is 25.8 Å². The van der Waals surface area contributed by atoms with Crippen LogP contribution in [-0.4, -0.2) is 52.0 Å². The molecule has 2 rings (SSSR count). The Balaban J connectivity index is 0.00000420. The van der Waals surface area contributed by atoms with E-state index in [0.29, 0.717) is 11.6 Å². The van der Waals surface area contributed by atoms with Crippen LogP contribution in [0.15, 0.2) is 5.10 Å². The van der Waals surface area contributed by atoms with E-state index < -0.39 is 17.7 Å². The highest BCUT2D eigenvalue weighted by Crippen LogP contribution is 2.34. The molecule has 0 spiro atoms. The van der Waals surface area contributed by atoms with Gasteiger partial charge >= 0.3 is 5.91 Å². The van der Waals surface area contributed by atoms with Crippen molar-refractivity contribution >= 4 is 46.9 Å². The zero-order chi connectivity index (χ0) is 20.9. The monoisotopic (exact) mass is 446 g/mol. The van der Waals surface area contributed by atoms with Gasteiger partial charge in [-0.1, -0.05) is 44.9 Å². The third kappa shape index (κ3) is 7.81. The van der Waals surface area contributed by atoms with Crippen LogP contribution in [0.25, 0.3) is 0 Å². The lowest BCUT2D eigenvalue weighted by molar-refractivity contribution is -0.140. The average molecular weight is 447 g/mol. The van der Waals surface area contributed by atoms with Crippen molar-refractivity contribution in [1.82, 2.24) is 15.6 Å². The molecule has 0 aromatic rings. The number of hydrazone groups is 1. The van der Waals surface area contributed by atoms with Crippen molar-refractivity contribution in [3.63, 3.8) is 0 Å². The van der Waals surface area contributed by atoms with Gasteiger partial charge in [0.25, 0.3) is 0 Å². The molecule has 166 valence electrons. The van der Waals surface area contributed by atoms with Gasteiger partial charge in [-0.15, -0.1) is 17.5 Å². The molecule has 1 atom stereocenters. The lowest BCUT2D eigenvalue weighted by Crippen LogP contribution is -2.49. The molecule has 1 heterocycles. The second kappa shape index (κ2) is 11.2. The zero-order valence-electron chi connectivity index (χ0n) is 18.1. The molecule has 2 fully saturated rings. The van der Waals surface area contributed by atoms with Gasteiger partial charge in [0.2, 0.25) is 11.7 Å². The molecular formula is C20H35ClN4O3S. The van der Waals surface area contributed by atoms with E-state index >= 15 is 0 Å². The molecule has 7 nitrogen and oxygen atoms in total. The Morgan fingerprint density at radius 1 is 1.21 bits per heavy atom. The highest BCUT2D eigenvalue weighted by molar-refractivity contribution is 8.15. The van der Waals surface area contributed by atoms with Crippen LogP contribution in [0, 0.1) is 11.8 Å². The number of ketones is 1. The zero-order valence-corrected chi connectivity index (χ0v) is 19.8. The van der Waals surface area contributed by atoms with E-state index in [1.165, 1.54) is 0 Å². The number of Topliss-reactive ketones (excluding diaryl/α,β-unsaturated/α-hetero) is 1. The summed E-state index contributed by atoms with van der Waals surface area (Å²) in [5, 5.41) is 7.64. The first-order valence-electron chi connectivity index (χ1n) is 10.2. The van der Waals surface area contributed by atoms with Crippen LogP contribution in [0.4, 0.5) is 0 Å². The number of hydrogen-bond acceptors (Lipinski definition) is 5. The summed E-state index contributed by atoms with van der Waals surface area (Å²) in [5.74, 6) is -1.39. The van der Waals surface area contributed by atoms with Crippen molar-refractivity contribution in [2.45, 2.75) is 77.0 Å². The lowest BCUT2D eigenvalue weighted by Gasteiger charge is -2.24. The number of rotatable bonds is 7. The summed E-state index contributed by atoms with van der Waals surface area (Å²) >= 11 is 1.56. The van der Waals surface area contributed by atoms with Crippen LogP contribution in [0.3, 0.4) is 0 Å². The second-order valence-corrected chi connectivity index (χ2v) is 10.6. The Kier molecular flexibility index (Phi) is 9.95. The topological polar surface area (TPSA) is 90.9 Å². The fourth-order valence-corrected chi connectivity index (χ4v) is 4.84. The van der Waals surface area contributed by atoms with Crippen molar-refractivity contribution in [3.8, 4) is 0 Å². The summed E-state index contributed by atoms with van der Waals surface area (Å²) in [5.41, 5.74) is 2.38. The number of thioether (sulfide) groups is 1. The summed E-state index contributed by atoms with van der Waals surface area (Å²) < 4.78 is 0.0104. The smallest absolute Gasteiger partial charge is 0.309 e. The molecule has 1 saturated carbocycles. The van der Waals surface area contributed by atoms with Gasteiger partial charge < -0.3 is 10.2 Å². The fraction of sp³-hybridized carbons (Fsp3) is 0.800. The van der Waals surface area contributed by atoms with Crippen molar-refractivity contribution < 1.29 is 14.4 Å². The van der Waals surface area contributed by atoms with Crippen LogP contribution in [-0.2, 0) is 14.4 Å². The van der Waals surface area contributed by atoms with Crippen LogP contribution in [0.5, 0.6) is 0 Å². The maximum atomic E-state index is 12.7. The first kappa shape index (κ1) is 25.8. The van der Waals surface area contributed by atoms with Gasteiger partial charge in [0.1, 0.15) is 0 Å². The Labute approximate surface area is 184 Å².